The quantitative estimate of drug-likeness (QED) is 0.219. The number of carbonyl (C=O) groups is 3. The van der Waals surface area contributed by atoms with Crippen LogP contribution >= 0.6 is 0 Å². The van der Waals surface area contributed by atoms with Crippen LogP contribution in [0, 0.1) is 6.92 Å². The second-order valence-electron chi connectivity index (χ2n) is 11.3. The molecule has 10 heteroatoms. The average Bonchev–Trinajstić information content (AvgIpc) is 3.44. The molecule has 2 heterocycles. The molecule has 0 fully saturated rings. The Morgan fingerprint density at radius 2 is 1.77 bits per heavy atom. The number of H-pyrrole nitrogens is 1. The number of hydrogen-bond acceptors (Lipinski definition) is 6. The van der Waals surface area contributed by atoms with Crippen molar-refractivity contribution in [3.05, 3.63) is 65.0 Å². The van der Waals surface area contributed by atoms with Crippen LogP contribution in [0.15, 0.2) is 42.5 Å². The van der Waals surface area contributed by atoms with Crippen LogP contribution in [-0.4, -0.2) is 66.7 Å². The minimum absolute atomic E-state index is 0.216. The van der Waals surface area contributed by atoms with Crippen LogP contribution in [-0.2, 0) is 9.53 Å². The van der Waals surface area contributed by atoms with Crippen LogP contribution in [0.5, 0.6) is 5.75 Å². The summed E-state index contributed by atoms with van der Waals surface area (Å²) in [5.41, 5.74) is 4.51. The van der Waals surface area contributed by atoms with Crippen molar-refractivity contribution in [1.29, 1.82) is 0 Å². The molecule has 4 N–H and O–H groups in total. The van der Waals surface area contributed by atoms with Crippen molar-refractivity contribution in [1.82, 2.24) is 15.2 Å². The van der Waals surface area contributed by atoms with Gasteiger partial charge in [0.1, 0.15) is 11.4 Å². The largest absolute Gasteiger partial charge is 0.496 e. The smallest absolute Gasteiger partial charge is 0.412 e. The van der Waals surface area contributed by atoms with Crippen molar-refractivity contribution in [3.63, 3.8) is 0 Å². The van der Waals surface area contributed by atoms with E-state index in [1.165, 1.54) is 0 Å². The molecule has 0 saturated carbocycles. The molecule has 228 valence electrons. The Morgan fingerprint density at radius 1 is 1.05 bits per heavy atom. The van der Waals surface area contributed by atoms with Crippen LogP contribution in [0.3, 0.4) is 0 Å². The number of hydrogen-bond donors (Lipinski definition) is 4. The number of nitrogens with one attached hydrogen (secondary N) is 4. The Bertz CT molecular complexity index is 1550. The molecule has 0 spiro atoms. The zero-order valence-corrected chi connectivity index (χ0v) is 25.9. The number of aromatic nitrogens is 1. The van der Waals surface area contributed by atoms with Crippen molar-refractivity contribution in [2.75, 3.05) is 43.9 Å². The summed E-state index contributed by atoms with van der Waals surface area (Å²) in [6, 6.07) is 12.6. The molecule has 1 aromatic heterocycles. The summed E-state index contributed by atoms with van der Waals surface area (Å²) in [4.78, 5) is 44.8. The molecule has 3 amide bonds. The number of nitrogens with zero attached hydrogens (tertiary/aromatic N) is 1. The number of ether oxygens (including phenoxy) is 2. The molecule has 1 aliphatic heterocycles. The van der Waals surface area contributed by atoms with E-state index in [0.29, 0.717) is 62.9 Å². The first kappa shape index (κ1) is 31.4. The summed E-state index contributed by atoms with van der Waals surface area (Å²) in [7, 11) is 1.58. The molecular weight excluding hydrogens is 546 g/mol. The van der Waals surface area contributed by atoms with E-state index in [0.717, 1.165) is 19.6 Å². The molecule has 0 bridgehead atoms. The van der Waals surface area contributed by atoms with Crippen molar-refractivity contribution >= 4 is 40.9 Å². The maximum Gasteiger partial charge on any atom is 0.412 e. The van der Waals surface area contributed by atoms with E-state index in [4.69, 9.17) is 9.47 Å². The fourth-order valence-electron chi connectivity index (χ4n) is 5.10. The van der Waals surface area contributed by atoms with Gasteiger partial charge in [-0.2, -0.15) is 0 Å². The summed E-state index contributed by atoms with van der Waals surface area (Å²) < 4.78 is 11.0. The minimum Gasteiger partial charge on any atom is -0.496 e. The SMILES string of the molecule is CCN(CC)CCNC(=O)c1c(C)[nH]c(/C=C2/C(=O)Nc3ccc(NC(=O)OC(C)(C)C)cc32)c1-c1ccccc1OC. The molecular formula is C33H41N5O5. The molecule has 1 aliphatic rings. The zero-order valence-electron chi connectivity index (χ0n) is 25.9. The second kappa shape index (κ2) is 13.2. The van der Waals surface area contributed by atoms with Gasteiger partial charge in [0, 0.05) is 52.5 Å². The van der Waals surface area contributed by atoms with Gasteiger partial charge in [-0.1, -0.05) is 32.0 Å². The highest BCUT2D eigenvalue weighted by atomic mass is 16.6. The fraction of sp³-hybridized carbons (Fsp3) is 0.364. The highest BCUT2D eigenvalue weighted by molar-refractivity contribution is 6.35. The maximum absolute atomic E-state index is 13.6. The van der Waals surface area contributed by atoms with Gasteiger partial charge in [0.25, 0.3) is 11.8 Å². The van der Waals surface area contributed by atoms with Gasteiger partial charge in [0.15, 0.2) is 0 Å². The Morgan fingerprint density at radius 3 is 2.44 bits per heavy atom. The third kappa shape index (κ3) is 7.26. The van der Waals surface area contributed by atoms with Crippen LogP contribution in [0.25, 0.3) is 22.8 Å². The lowest BCUT2D eigenvalue weighted by atomic mass is 9.96. The Kier molecular flexibility index (Phi) is 9.60. The molecule has 3 aromatic rings. The van der Waals surface area contributed by atoms with Crippen LogP contribution in [0.4, 0.5) is 16.2 Å². The average molecular weight is 588 g/mol. The molecule has 0 saturated heterocycles. The standard InChI is InChI=1S/C33H41N5O5/c1-8-38(9-2)17-16-34-31(40)28-20(3)35-26(29(28)22-12-10-11-13-27(22)42-7)19-24-23-18-21(14-15-25(23)37-30(24)39)36-32(41)43-33(4,5)6/h10-15,18-19,35H,8-9,16-17H2,1-7H3,(H,34,40)(H,36,41)(H,37,39)/b24-19+. The third-order valence-electron chi connectivity index (χ3n) is 7.16. The van der Waals surface area contributed by atoms with E-state index in [2.05, 4.69) is 39.7 Å². The van der Waals surface area contributed by atoms with E-state index in [1.807, 2.05) is 31.2 Å². The number of fused-ring (bicyclic) bond motifs is 1. The highest BCUT2D eigenvalue weighted by Gasteiger charge is 2.29. The van der Waals surface area contributed by atoms with Gasteiger partial charge in [0.2, 0.25) is 0 Å². The molecule has 0 atom stereocenters. The van der Waals surface area contributed by atoms with E-state index in [1.54, 1.807) is 52.2 Å². The van der Waals surface area contributed by atoms with Gasteiger partial charge in [-0.05, 0) is 71.1 Å². The number of rotatable bonds is 10. The van der Waals surface area contributed by atoms with Gasteiger partial charge >= 0.3 is 6.09 Å². The highest BCUT2D eigenvalue weighted by Crippen LogP contribution is 2.40. The normalized spacial score (nSPS) is 13.6. The molecule has 10 nitrogen and oxygen atoms in total. The molecule has 43 heavy (non-hydrogen) atoms. The van der Waals surface area contributed by atoms with Crippen LogP contribution < -0.4 is 20.7 Å². The van der Waals surface area contributed by atoms with E-state index < -0.39 is 11.7 Å². The predicted molar refractivity (Wildman–Crippen MR) is 170 cm³/mol. The molecule has 4 rings (SSSR count). The lowest BCUT2D eigenvalue weighted by Crippen LogP contribution is -2.35. The fourth-order valence-corrected chi connectivity index (χ4v) is 5.10. The molecule has 2 aromatic carbocycles. The number of amides is 3. The number of aryl methyl sites for hydroxylation is 1. The van der Waals surface area contributed by atoms with Gasteiger partial charge in [-0.25, -0.2) is 4.79 Å². The number of likely N-dealkylation sites (N-methyl/N-ethyl adjacent to an activating group) is 1. The second-order valence-corrected chi connectivity index (χ2v) is 11.3. The molecule has 0 radical (unpaired) electrons. The summed E-state index contributed by atoms with van der Waals surface area (Å²) in [6.07, 6.45) is 1.14. The van der Waals surface area contributed by atoms with Crippen molar-refractivity contribution in [2.45, 2.75) is 47.1 Å². The number of carbonyl (C=O) groups excluding carboxylic acids is 3. The van der Waals surface area contributed by atoms with Gasteiger partial charge in [0.05, 0.1) is 18.2 Å². The Balaban J connectivity index is 1.77. The first-order chi connectivity index (χ1) is 20.4. The van der Waals surface area contributed by atoms with Gasteiger partial charge in [-0.15, -0.1) is 0 Å². The minimum atomic E-state index is -0.654. The molecule has 0 unspecified atom stereocenters. The number of aromatic amines is 1. The Hall–Kier alpha value is -4.57. The van der Waals surface area contributed by atoms with Crippen LogP contribution in [0.2, 0.25) is 0 Å². The van der Waals surface area contributed by atoms with Crippen LogP contribution in [0.1, 0.15) is 61.9 Å². The predicted octanol–water partition coefficient (Wildman–Crippen LogP) is 5.91. The molecule has 0 aliphatic carbocycles. The van der Waals surface area contributed by atoms with Crippen molar-refractivity contribution in [2.24, 2.45) is 0 Å². The lowest BCUT2D eigenvalue weighted by Gasteiger charge is -2.19. The Labute approximate surface area is 252 Å². The number of methoxy groups -OCH3 is 1. The summed E-state index contributed by atoms with van der Waals surface area (Å²) in [5.74, 6) is 0.0814. The topological polar surface area (TPSA) is 125 Å². The van der Waals surface area contributed by atoms with Gasteiger partial charge in [-0.3, -0.25) is 14.9 Å². The number of benzene rings is 2. The first-order valence-electron chi connectivity index (χ1n) is 14.5. The van der Waals surface area contributed by atoms with E-state index in [-0.39, 0.29) is 11.8 Å². The number of para-hydroxylation sites is 1. The first-order valence-corrected chi connectivity index (χ1v) is 14.5. The zero-order chi connectivity index (χ0) is 31.3. The van der Waals surface area contributed by atoms with Gasteiger partial charge < -0.3 is 30.0 Å². The summed E-state index contributed by atoms with van der Waals surface area (Å²) >= 11 is 0. The van der Waals surface area contributed by atoms with Crippen molar-refractivity contribution in [3.8, 4) is 16.9 Å². The van der Waals surface area contributed by atoms with Crippen molar-refractivity contribution < 1.29 is 23.9 Å². The lowest BCUT2D eigenvalue weighted by molar-refractivity contribution is -0.110. The summed E-state index contributed by atoms with van der Waals surface area (Å²) in [5, 5.41) is 8.69. The maximum atomic E-state index is 13.6. The van der Waals surface area contributed by atoms with E-state index >= 15 is 0 Å². The van der Waals surface area contributed by atoms with E-state index in [9.17, 15) is 14.4 Å². The monoisotopic (exact) mass is 587 g/mol. The number of anilines is 2. The third-order valence-corrected chi connectivity index (χ3v) is 7.16. The summed E-state index contributed by atoms with van der Waals surface area (Å²) in [6.45, 7) is 14.4.